The summed E-state index contributed by atoms with van der Waals surface area (Å²) in [5.41, 5.74) is 6.30. The zero-order valence-corrected chi connectivity index (χ0v) is 12.4. The van der Waals surface area contributed by atoms with E-state index in [2.05, 4.69) is 16.7 Å². The number of rotatable bonds is 6. The van der Waals surface area contributed by atoms with Gasteiger partial charge in [-0.25, -0.2) is 0 Å². The summed E-state index contributed by atoms with van der Waals surface area (Å²) in [4.78, 5) is 2.40. The first kappa shape index (κ1) is 15.8. The number of hydrogen-bond acceptors (Lipinski definition) is 4. The summed E-state index contributed by atoms with van der Waals surface area (Å²) in [5, 5.41) is 8.96. The van der Waals surface area contributed by atoms with Crippen molar-refractivity contribution in [1.82, 2.24) is 4.90 Å². The van der Waals surface area contributed by atoms with Gasteiger partial charge in [0.2, 0.25) is 0 Å². The Morgan fingerprint density at radius 2 is 2.33 bits per heavy atom. The smallest absolute Gasteiger partial charge is 0.120 e. The molecule has 1 heterocycles. The van der Waals surface area contributed by atoms with E-state index < -0.39 is 0 Å². The standard InChI is InChI=1S/C17H24N2O2/c18-8-2-4-15-3-1-5-17(13-15)21-12-10-19-9-6-16(14-19)7-11-20/h1,3,5,13,16,20H,6-12,14,18H2. The molecule has 0 aromatic heterocycles. The van der Waals surface area contributed by atoms with Crippen molar-refractivity contribution in [3.63, 3.8) is 0 Å². The van der Waals surface area contributed by atoms with Crippen LogP contribution in [0.3, 0.4) is 0 Å². The second-order valence-electron chi connectivity index (χ2n) is 5.35. The first-order chi connectivity index (χ1) is 10.3. The Kier molecular flexibility index (Phi) is 6.55. The molecule has 21 heavy (non-hydrogen) atoms. The zero-order valence-electron chi connectivity index (χ0n) is 12.4. The molecular weight excluding hydrogens is 264 g/mol. The molecule has 1 aromatic rings. The van der Waals surface area contributed by atoms with Crippen LogP contribution in [0.1, 0.15) is 18.4 Å². The van der Waals surface area contributed by atoms with Gasteiger partial charge in [-0.3, -0.25) is 4.90 Å². The molecule has 0 radical (unpaired) electrons. The van der Waals surface area contributed by atoms with Gasteiger partial charge in [0.05, 0.1) is 6.54 Å². The summed E-state index contributed by atoms with van der Waals surface area (Å²) in [6.07, 6.45) is 2.10. The van der Waals surface area contributed by atoms with Gasteiger partial charge in [0.1, 0.15) is 12.4 Å². The Labute approximate surface area is 126 Å². The summed E-state index contributed by atoms with van der Waals surface area (Å²) >= 11 is 0. The molecule has 1 saturated heterocycles. The van der Waals surface area contributed by atoms with Crippen LogP contribution in [0.4, 0.5) is 0 Å². The summed E-state index contributed by atoms with van der Waals surface area (Å²) < 4.78 is 5.79. The van der Waals surface area contributed by atoms with Crippen molar-refractivity contribution in [3.05, 3.63) is 29.8 Å². The molecule has 4 heteroatoms. The Bertz CT molecular complexity index is 493. The van der Waals surface area contributed by atoms with Crippen molar-refractivity contribution in [3.8, 4) is 17.6 Å². The lowest BCUT2D eigenvalue weighted by atomic mass is 10.1. The van der Waals surface area contributed by atoms with Crippen LogP contribution in [0, 0.1) is 17.8 Å². The number of nitrogens with two attached hydrogens (primary N) is 1. The van der Waals surface area contributed by atoms with Gasteiger partial charge < -0.3 is 15.6 Å². The predicted molar refractivity (Wildman–Crippen MR) is 84.1 cm³/mol. The molecule has 114 valence electrons. The molecule has 1 fully saturated rings. The molecule has 1 atom stereocenters. The largest absolute Gasteiger partial charge is 0.492 e. The highest BCUT2D eigenvalue weighted by Gasteiger charge is 2.21. The van der Waals surface area contributed by atoms with Gasteiger partial charge >= 0.3 is 0 Å². The first-order valence-corrected chi connectivity index (χ1v) is 7.57. The average Bonchev–Trinajstić information content (AvgIpc) is 2.94. The minimum Gasteiger partial charge on any atom is -0.492 e. The number of nitrogens with zero attached hydrogens (tertiary/aromatic N) is 1. The highest BCUT2D eigenvalue weighted by Crippen LogP contribution is 2.19. The van der Waals surface area contributed by atoms with Crippen LogP contribution in [0.2, 0.25) is 0 Å². The lowest BCUT2D eigenvalue weighted by molar-refractivity contribution is 0.222. The van der Waals surface area contributed by atoms with E-state index in [1.54, 1.807) is 0 Å². The molecule has 1 unspecified atom stereocenters. The topological polar surface area (TPSA) is 58.7 Å². The number of likely N-dealkylation sites (tertiary alicyclic amines) is 1. The zero-order chi connectivity index (χ0) is 14.9. The maximum atomic E-state index is 8.96. The highest BCUT2D eigenvalue weighted by molar-refractivity contribution is 5.39. The van der Waals surface area contributed by atoms with Crippen LogP contribution in [0.5, 0.6) is 5.75 Å². The van der Waals surface area contributed by atoms with Gasteiger partial charge in [0, 0.05) is 25.3 Å². The molecule has 0 aliphatic carbocycles. The van der Waals surface area contributed by atoms with Crippen molar-refractivity contribution < 1.29 is 9.84 Å². The van der Waals surface area contributed by atoms with Crippen LogP contribution >= 0.6 is 0 Å². The van der Waals surface area contributed by atoms with E-state index >= 15 is 0 Å². The van der Waals surface area contributed by atoms with Crippen LogP contribution in [-0.2, 0) is 0 Å². The fourth-order valence-electron chi connectivity index (χ4n) is 2.64. The molecule has 4 nitrogen and oxygen atoms in total. The summed E-state index contributed by atoms with van der Waals surface area (Å²) in [6, 6.07) is 7.80. The number of ether oxygens (including phenoxy) is 1. The van der Waals surface area contributed by atoms with Gasteiger partial charge in [-0.05, 0) is 43.5 Å². The third-order valence-corrected chi connectivity index (χ3v) is 3.75. The fraction of sp³-hybridized carbons (Fsp3) is 0.529. The van der Waals surface area contributed by atoms with Gasteiger partial charge in [0.15, 0.2) is 0 Å². The van der Waals surface area contributed by atoms with E-state index in [1.807, 2.05) is 24.3 Å². The quantitative estimate of drug-likeness (QED) is 0.769. The van der Waals surface area contributed by atoms with E-state index in [-0.39, 0.29) is 0 Å². The van der Waals surface area contributed by atoms with E-state index in [1.165, 1.54) is 6.42 Å². The van der Waals surface area contributed by atoms with Crippen molar-refractivity contribution >= 4 is 0 Å². The molecule has 3 N–H and O–H groups in total. The van der Waals surface area contributed by atoms with E-state index in [9.17, 15) is 0 Å². The molecule has 0 spiro atoms. The third-order valence-electron chi connectivity index (χ3n) is 3.75. The van der Waals surface area contributed by atoms with Crippen LogP contribution in [0.15, 0.2) is 24.3 Å². The maximum absolute atomic E-state index is 8.96. The Morgan fingerprint density at radius 3 is 3.14 bits per heavy atom. The minimum absolute atomic E-state index is 0.297. The van der Waals surface area contributed by atoms with Crippen molar-refractivity contribution in [2.24, 2.45) is 11.7 Å². The maximum Gasteiger partial charge on any atom is 0.120 e. The second-order valence-corrected chi connectivity index (χ2v) is 5.35. The number of aliphatic hydroxyl groups is 1. The summed E-state index contributed by atoms with van der Waals surface area (Å²) in [7, 11) is 0. The van der Waals surface area contributed by atoms with Crippen LogP contribution in [0.25, 0.3) is 0 Å². The molecule has 1 aliphatic heterocycles. The molecule has 0 amide bonds. The van der Waals surface area contributed by atoms with Crippen molar-refractivity contribution in [2.45, 2.75) is 12.8 Å². The number of aliphatic hydroxyl groups excluding tert-OH is 1. The molecule has 0 saturated carbocycles. The molecular formula is C17H24N2O2. The van der Waals surface area contributed by atoms with E-state index in [4.69, 9.17) is 15.6 Å². The average molecular weight is 288 g/mol. The Morgan fingerprint density at radius 1 is 1.43 bits per heavy atom. The van der Waals surface area contributed by atoms with Crippen molar-refractivity contribution in [1.29, 1.82) is 0 Å². The van der Waals surface area contributed by atoms with Gasteiger partial charge in [-0.15, -0.1) is 0 Å². The highest BCUT2D eigenvalue weighted by atomic mass is 16.5. The first-order valence-electron chi connectivity index (χ1n) is 7.57. The lowest BCUT2D eigenvalue weighted by Crippen LogP contribution is -2.26. The Balaban J connectivity index is 1.74. The molecule has 1 aliphatic rings. The minimum atomic E-state index is 0.297. The van der Waals surface area contributed by atoms with Crippen LogP contribution in [-0.4, -0.2) is 49.4 Å². The molecule has 0 bridgehead atoms. The summed E-state index contributed by atoms with van der Waals surface area (Å²) in [6.45, 7) is 4.46. The van der Waals surface area contributed by atoms with Gasteiger partial charge in [-0.1, -0.05) is 17.9 Å². The van der Waals surface area contributed by atoms with E-state index in [0.29, 0.717) is 25.7 Å². The fourth-order valence-corrected chi connectivity index (χ4v) is 2.64. The lowest BCUT2D eigenvalue weighted by Gasteiger charge is -2.16. The third kappa shape index (κ3) is 5.39. The monoisotopic (exact) mass is 288 g/mol. The second kappa shape index (κ2) is 8.68. The Hall–Kier alpha value is -1.54. The summed E-state index contributed by atoms with van der Waals surface area (Å²) in [5.74, 6) is 7.35. The normalized spacial score (nSPS) is 18.3. The van der Waals surface area contributed by atoms with Crippen molar-refractivity contribution in [2.75, 3.05) is 39.4 Å². The van der Waals surface area contributed by atoms with Gasteiger partial charge in [0.25, 0.3) is 0 Å². The number of benzene rings is 1. The number of hydrogen-bond donors (Lipinski definition) is 2. The van der Waals surface area contributed by atoms with E-state index in [0.717, 1.165) is 37.4 Å². The molecule has 1 aromatic carbocycles. The van der Waals surface area contributed by atoms with Crippen LogP contribution < -0.4 is 10.5 Å². The molecule has 2 rings (SSSR count). The van der Waals surface area contributed by atoms with Gasteiger partial charge in [-0.2, -0.15) is 0 Å². The predicted octanol–water partition coefficient (Wildman–Crippen LogP) is 1.08. The SMILES string of the molecule is NCC#Cc1cccc(OCCN2CCC(CCO)C2)c1.